The van der Waals surface area contributed by atoms with Crippen molar-refractivity contribution in [2.24, 2.45) is 0 Å². The van der Waals surface area contributed by atoms with E-state index in [0.29, 0.717) is 5.69 Å². The highest BCUT2D eigenvalue weighted by atomic mass is 16.5. The summed E-state index contributed by atoms with van der Waals surface area (Å²) in [5.74, 6) is -0.283. The molecule has 2 rings (SSSR count). The molecule has 0 fully saturated rings. The second-order valence-corrected chi connectivity index (χ2v) is 3.68. The molecule has 1 aromatic heterocycles. The molecule has 2 aromatic rings. The largest absolute Gasteiger partial charge is 0.469 e. The zero-order valence-electron chi connectivity index (χ0n) is 9.86. The summed E-state index contributed by atoms with van der Waals surface area (Å²) in [5, 5.41) is 4.15. The predicted octanol–water partition coefficient (Wildman–Crippen LogP) is 1.99. The van der Waals surface area contributed by atoms with Gasteiger partial charge in [0.1, 0.15) is 0 Å². The number of ether oxygens (including phenoxy) is 1. The van der Waals surface area contributed by atoms with Gasteiger partial charge in [0.2, 0.25) is 0 Å². The number of aromatic nitrogens is 1. The average molecular weight is 230 g/mol. The molecule has 0 radical (unpaired) electrons. The maximum absolute atomic E-state index is 11.2. The van der Waals surface area contributed by atoms with Crippen LogP contribution in [0.5, 0.6) is 0 Å². The van der Waals surface area contributed by atoms with Crippen molar-refractivity contribution in [3.8, 4) is 0 Å². The third-order valence-corrected chi connectivity index (χ3v) is 2.59. The SMILES string of the molecule is CNc1cc(CC(=O)OC)nc2ccccc12. The van der Waals surface area contributed by atoms with Crippen molar-refractivity contribution < 1.29 is 9.53 Å². The van der Waals surface area contributed by atoms with Crippen LogP contribution in [0.2, 0.25) is 0 Å². The molecule has 17 heavy (non-hydrogen) atoms. The summed E-state index contributed by atoms with van der Waals surface area (Å²) >= 11 is 0. The molecule has 0 atom stereocenters. The molecule has 1 aromatic carbocycles. The van der Waals surface area contributed by atoms with Gasteiger partial charge in [-0.25, -0.2) is 0 Å². The zero-order valence-corrected chi connectivity index (χ0v) is 9.86. The van der Waals surface area contributed by atoms with E-state index in [1.165, 1.54) is 7.11 Å². The lowest BCUT2D eigenvalue weighted by atomic mass is 10.1. The Morgan fingerprint density at radius 3 is 2.88 bits per heavy atom. The van der Waals surface area contributed by atoms with Crippen LogP contribution in [-0.2, 0) is 16.0 Å². The highest BCUT2D eigenvalue weighted by molar-refractivity contribution is 5.91. The van der Waals surface area contributed by atoms with Gasteiger partial charge in [-0.15, -0.1) is 0 Å². The van der Waals surface area contributed by atoms with Gasteiger partial charge >= 0.3 is 5.97 Å². The molecule has 0 unspecified atom stereocenters. The summed E-state index contributed by atoms with van der Waals surface area (Å²) in [6, 6.07) is 9.69. The first-order valence-corrected chi connectivity index (χ1v) is 5.38. The van der Waals surface area contributed by atoms with Crippen LogP contribution in [0.1, 0.15) is 5.69 Å². The Morgan fingerprint density at radius 1 is 1.41 bits per heavy atom. The van der Waals surface area contributed by atoms with Crippen LogP contribution in [0.4, 0.5) is 5.69 Å². The molecule has 0 aliphatic carbocycles. The Hall–Kier alpha value is -2.10. The number of methoxy groups -OCH3 is 1. The van der Waals surface area contributed by atoms with E-state index in [9.17, 15) is 4.79 Å². The number of hydrogen-bond donors (Lipinski definition) is 1. The molecule has 0 aliphatic heterocycles. The van der Waals surface area contributed by atoms with E-state index in [1.807, 2.05) is 37.4 Å². The standard InChI is InChI=1S/C13H14N2O2/c1-14-12-7-9(8-13(16)17-2)15-11-6-4-3-5-10(11)12/h3-7H,8H2,1-2H3,(H,14,15). The lowest BCUT2D eigenvalue weighted by Crippen LogP contribution is -2.07. The fourth-order valence-corrected chi connectivity index (χ4v) is 1.75. The summed E-state index contributed by atoms with van der Waals surface area (Å²) in [5.41, 5.74) is 2.55. The highest BCUT2D eigenvalue weighted by Gasteiger charge is 2.08. The van der Waals surface area contributed by atoms with Crippen LogP contribution in [-0.4, -0.2) is 25.1 Å². The molecule has 0 saturated carbocycles. The molecule has 0 aliphatic rings. The van der Waals surface area contributed by atoms with Crippen LogP contribution in [0.15, 0.2) is 30.3 Å². The van der Waals surface area contributed by atoms with Crippen molar-refractivity contribution >= 4 is 22.6 Å². The lowest BCUT2D eigenvalue weighted by Gasteiger charge is -2.08. The smallest absolute Gasteiger partial charge is 0.311 e. The van der Waals surface area contributed by atoms with Gasteiger partial charge in [-0.1, -0.05) is 18.2 Å². The van der Waals surface area contributed by atoms with Crippen LogP contribution in [0, 0.1) is 0 Å². The van der Waals surface area contributed by atoms with Crippen LogP contribution >= 0.6 is 0 Å². The van der Waals surface area contributed by atoms with Crippen molar-refractivity contribution in [2.45, 2.75) is 6.42 Å². The molecule has 4 nitrogen and oxygen atoms in total. The lowest BCUT2D eigenvalue weighted by molar-refractivity contribution is -0.139. The molecule has 4 heteroatoms. The molecule has 0 spiro atoms. The van der Waals surface area contributed by atoms with Gasteiger partial charge in [-0.2, -0.15) is 0 Å². The number of hydrogen-bond acceptors (Lipinski definition) is 4. The van der Waals surface area contributed by atoms with E-state index in [1.54, 1.807) is 0 Å². The predicted molar refractivity (Wildman–Crippen MR) is 67.0 cm³/mol. The van der Waals surface area contributed by atoms with Gasteiger partial charge in [-0.05, 0) is 12.1 Å². The number of pyridine rings is 1. The van der Waals surface area contributed by atoms with Crippen molar-refractivity contribution in [3.63, 3.8) is 0 Å². The number of nitrogens with one attached hydrogen (secondary N) is 1. The van der Waals surface area contributed by atoms with Gasteiger partial charge in [0.05, 0.1) is 24.7 Å². The summed E-state index contributed by atoms with van der Waals surface area (Å²) in [6.07, 6.45) is 0.190. The number of benzene rings is 1. The van der Waals surface area contributed by atoms with Crippen molar-refractivity contribution in [1.82, 2.24) is 4.98 Å². The third-order valence-electron chi connectivity index (χ3n) is 2.59. The highest BCUT2D eigenvalue weighted by Crippen LogP contribution is 2.22. The van der Waals surface area contributed by atoms with E-state index in [0.717, 1.165) is 16.6 Å². The van der Waals surface area contributed by atoms with Crippen LogP contribution in [0.25, 0.3) is 10.9 Å². The number of rotatable bonds is 3. The van der Waals surface area contributed by atoms with Crippen LogP contribution in [0.3, 0.4) is 0 Å². The number of carbonyl (C=O) groups is 1. The quantitative estimate of drug-likeness (QED) is 0.819. The normalized spacial score (nSPS) is 10.2. The molecule has 1 N–H and O–H groups in total. The van der Waals surface area contributed by atoms with E-state index in [4.69, 9.17) is 0 Å². The fourth-order valence-electron chi connectivity index (χ4n) is 1.75. The molecule has 0 bridgehead atoms. The topological polar surface area (TPSA) is 51.2 Å². The Bertz CT molecular complexity index is 552. The Labute approximate surface area is 99.6 Å². The number of nitrogens with zero attached hydrogens (tertiary/aromatic N) is 1. The second kappa shape index (κ2) is 4.82. The molecule has 88 valence electrons. The van der Waals surface area contributed by atoms with Gasteiger partial charge in [0.25, 0.3) is 0 Å². The zero-order chi connectivity index (χ0) is 12.3. The number of esters is 1. The number of para-hydroxylation sites is 1. The number of fused-ring (bicyclic) bond motifs is 1. The van der Waals surface area contributed by atoms with Crippen molar-refractivity contribution in [3.05, 3.63) is 36.0 Å². The number of anilines is 1. The van der Waals surface area contributed by atoms with Gasteiger partial charge in [0, 0.05) is 18.1 Å². The molecular weight excluding hydrogens is 216 g/mol. The van der Waals surface area contributed by atoms with Gasteiger partial charge in [0.15, 0.2) is 0 Å². The maximum atomic E-state index is 11.2. The van der Waals surface area contributed by atoms with Crippen molar-refractivity contribution in [2.75, 3.05) is 19.5 Å². The minimum atomic E-state index is -0.283. The summed E-state index contributed by atoms with van der Waals surface area (Å²) in [7, 11) is 3.23. The molecular formula is C13H14N2O2. The fraction of sp³-hybridized carbons (Fsp3) is 0.231. The van der Waals surface area contributed by atoms with E-state index < -0.39 is 0 Å². The Kier molecular flexibility index (Phi) is 3.23. The second-order valence-electron chi connectivity index (χ2n) is 3.68. The summed E-state index contributed by atoms with van der Waals surface area (Å²) < 4.78 is 4.64. The average Bonchev–Trinajstić information content (AvgIpc) is 2.37. The first kappa shape index (κ1) is 11.4. The van der Waals surface area contributed by atoms with E-state index in [2.05, 4.69) is 15.0 Å². The van der Waals surface area contributed by atoms with E-state index in [-0.39, 0.29) is 12.4 Å². The van der Waals surface area contributed by atoms with Crippen molar-refractivity contribution in [1.29, 1.82) is 0 Å². The van der Waals surface area contributed by atoms with Gasteiger partial charge in [-0.3, -0.25) is 9.78 Å². The van der Waals surface area contributed by atoms with Crippen LogP contribution < -0.4 is 5.32 Å². The van der Waals surface area contributed by atoms with E-state index >= 15 is 0 Å². The minimum absolute atomic E-state index is 0.190. The minimum Gasteiger partial charge on any atom is -0.469 e. The first-order chi connectivity index (χ1) is 8.24. The third kappa shape index (κ3) is 2.36. The Morgan fingerprint density at radius 2 is 2.18 bits per heavy atom. The van der Waals surface area contributed by atoms with Gasteiger partial charge < -0.3 is 10.1 Å². The first-order valence-electron chi connectivity index (χ1n) is 5.38. The maximum Gasteiger partial charge on any atom is 0.311 e. The molecule has 1 heterocycles. The Balaban J connectivity index is 2.48. The monoisotopic (exact) mass is 230 g/mol. The number of carbonyl (C=O) groups excluding carboxylic acids is 1. The summed E-state index contributed by atoms with van der Waals surface area (Å²) in [6.45, 7) is 0. The molecule has 0 amide bonds. The summed E-state index contributed by atoms with van der Waals surface area (Å²) in [4.78, 5) is 15.7. The molecule has 0 saturated heterocycles.